The van der Waals surface area contributed by atoms with Gasteiger partial charge in [-0.1, -0.05) is 6.92 Å². The summed E-state index contributed by atoms with van der Waals surface area (Å²) in [6, 6.07) is 0. The van der Waals surface area contributed by atoms with Crippen LogP contribution >= 0.6 is 0 Å². The van der Waals surface area contributed by atoms with Crippen LogP contribution in [0.1, 0.15) is 40.5 Å². The van der Waals surface area contributed by atoms with E-state index < -0.39 is 17.5 Å². The second-order valence-electron chi connectivity index (χ2n) is 4.46. The molecule has 0 spiro atoms. The number of carboxylic acids is 1. The van der Waals surface area contributed by atoms with E-state index in [0.29, 0.717) is 6.42 Å². The molecule has 0 rings (SSSR count). The summed E-state index contributed by atoms with van der Waals surface area (Å²) in [7, 11) is 0. The number of carbonyl (C=O) groups is 1. The van der Waals surface area contributed by atoms with Gasteiger partial charge in [-0.05, 0) is 33.6 Å². The summed E-state index contributed by atoms with van der Waals surface area (Å²) in [6.07, 6.45) is 0.0675. The summed E-state index contributed by atoms with van der Waals surface area (Å²) >= 11 is 0. The van der Waals surface area contributed by atoms with Crippen molar-refractivity contribution in [2.24, 2.45) is 5.41 Å². The van der Waals surface area contributed by atoms with Gasteiger partial charge in [0.2, 0.25) is 0 Å². The number of aliphatic carboxylic acids is 1. The molecule has 0 heterocycles. The molecule has 4 heteroatoms. The fourth-order valence-electron chi connectivity index (χ4n) is 1.27. The van der Waals surface area contributed by atoms with Crippen LogP contribution in [0, 0.1) is 5.41 Å². The van der Waals surface area contributed by atoms with Crippen LogP contribution in [-0.2, 0) is 9.53 Å². The summed E-state index contributed by atoms with van der Waals surface area (Å²) in [5, 5.41) is 18.6. The first-order valence-corrected chi connectivity index (χ1v) is 5.35. The number of ether oxygens (including phenoxy) is 1. The predicted octanol–water partition coefficient (Wildman–Crippen LogP) is 1.66. The molecule has 2 N–H and O–H groups in total. The van der Waals surface area contributed by atoms with Crippen LogP contribution < -0.4 is 0 Å². The summed E-state index contributed by atoms with van der Waals surface area (Å²) in [5.41, 5.74) is -0.861. The van der Waals surface area contributed by atoms with E-state index in [-0.39, 0.29) is 19.1 Å². The van der Waals surface area contributed by atoms with Gasteiger partial charge in [-0.25, -0.2) is 0 Å². The van der Waals surface area contributed by atoms with Crippen LogP contribution in [0.3, 0.4) is 0 Å². The van der Waals surface area contributed by atoms with Gasteiger partial charge in [-0.15, -0.1) is 0 Å². The van der Waals surface area contributed by atoms with Crippen LogP contribution in [0.4, 0.5) is 0 Å². The van der Waals surface area contributed by atoms with Crippen molar-refractivity contribution in [1.82, 2.24) is 0 Å². The molecule has 2 atom stereocenters. The molecule has 0 bridgehead atoms. The Morgan fingerprint density at radius 2 is 2.00 bits per heavy atom. The van der Waals surface area contributed by atoms with E-state index in [4.69, 9.17) is 9.84 Å². The Hall–Kier alpha value is -0.610. The molecule has 0 radical (unpaired) electrons. The van der Waals surface area contributed by atoms with E-state index in [9.17, 15) is 9.90 Å². The standard InChI is InChI=1S/C11H22O4/c1-5-11(4,10(13)14)6-9(12)7-15-8(2)3/h8-9,12H,5-7H2,1-4H3,(H,13,14). The molecular weight excluding hydrogens is 196 g/mol. The molecule has 0 amide bonds. The minimum absolute atomic E-state index is 0.0531. The van der Waals surface area contributed by atoms with Crippen LogP contribution in [-0.4, -0.2) is 35.0 Å². The van der Waals surface area contributed by atoms with Crippen molar-refractivity contribution in [3.63, 3.8) is 0 Å². The van der Waals surface area contributed by atoms with E-state index in [0.717, 1.165) is 0 Å². The Bertz CT molecular complexity index is 203. The molecular formula is C11H22O4. The third-order valence-corrected chi connectivity index (χ3v) is 2.60. The van der Waals surface area contributed by atoms with Crippen LogP contribution in [0.5, 0.6) is 0 Å². The summed E-state index contributed by atoms with van der Waals surface area (Å²) < 4.78 is 5.23. The van der Waals surface area contributed by atoms with Gasteiger partial charge in [0, 0.05) is 0 Å². The van der Waals surface area contributed by atoms with Gasteiger partial charge in [0.25, 0.3) is 0 Å². The zero-order valence-corrected chi connectivity index (χ0v) is 9.99. The first kappa shape index (κ1) is 14.4. The number of aliphatic hydroxyl groups is 1. The van der Waals surface area contributed by atoms with Gasteiger partial charge >= 0.3 is 5.97 Å². The third kappa shape index (κ3) is 5.14. The van der Waals surface area contributed by atoms with Gasteiger partial charge in [0.15, 0.2) is 0 Å². The molecule has 0 fully saturated rings. The fraction of sp³-hybridized carbons (Fsp3) is 0.909. The first-order chi connectivity index (χ1) is 6.81. The van der Waals surface area contributed by atoms with Gasteiger partial charge in [0.05, 0.1) is 24.2 Å². The van der Waals surface area contributed by atoms with E-state index >= 15 is 0 Å². The van der Waals surface area contributed by atoms with Gasteiger partial charge < -0.3 is 14.9 Å². The molecule has 0 aromatic rings. The van der Waals surface area contributed by atoms with Gasteiger partial charge in [-0.2, -0.15) is 0 Å². The maximum atomic E-state index is 11.0. The molecule has 90 valence electrons. The Morgan fingerprint density at radius 1 is 1.47 bits per heavy atom. The lowest BCUT2D eigenvalue weighted by Crippen LogP contribution is -2.33. The molecule has 2 unspecified atom stereocenters. The summed E-state index contributed by atoms with van der Waals surface area (Å²) in [5.74, 6) is -0.867. The van der Waals surface area contributed by atoms with Crippen molar-refractivity contribution in [2.45, 2.75) is 52.7 Å². The Balaban J connectivity index is 4.13. The minimum Gasteiger partial charge on any atom is -0.481 e. The quantitative estimate of drug-likeness (QED) is 0.682. The normalized spacial score (nSPS) is 17.5. The molecule has 0 saturated carbocycles. The molecule has 0 aromatic carbocycles. The van der Waals surface area contributed by atoms with E-state index in [1.54, 1.807) is 6.92 Å². The van der Waals surface area contributed by atoms with E-state index in [2.05, 4.69) is 0 Å². The second-order valence-corrected chi connectivity index (χ2v) is 4.46. The average molecular weight is 218 g/mol. The van der Waals surface area contributed by atoms with Crippen LogP contribution in [0.15, 0.2) is 0 Å². The lowest BCUT2D eigenvalue weighted by molar-refractivity contribution is -0.150. The minimum atomic E-state index is -0.867. The molecule has 4 nitrogen and oxygen atoms in total. The maximum absolute atomic E-state index is 11.0. The number of rotatable bonds is 7. The average Bonchev–Trinajstić information content (AvgIpc) is 2.14. The first-order valence-electron chi connectivity index (χ1n) is 5.35. The third-order valence-electron chi connectivity index (χ3n) is 2.60. The molecule has 0 aliphatic carbocycles. The highest BCUT2D eigenvalue weighted by atomic mass is 16.5. The highest BCUT2D eigenvalue weighted by Crippen LogP contribution is 2.27. The summed E-state index contributed by atoms with van der Waals surface area (Å²) in [6.45, 7) is 7.41. The number of hydrogen-bond acceptors (Lipinski definition) is 3. The molecule has 0 saturated heterocycles. The van der Waals surface area contributed by atoms with Crippen molar-refractivity contribution >= 4 is 5.97 Å². The van der Waals surface area contributed by atoms with Crippen molar-refractivity contribution in [1.29, 1.82) is 0 Å². The van der Waals surface area contributed by atoms with Crippen molar-refractivity contribution < 1.29 is 19.7 Å². The fourth-order valence-corrected chi connectivity index (χ4v) is 1.27. The SMILES string of the molecule is CCC(C)(CC(O)COC(C)C)C(=O)O. The van der Waals surface area contributed by atoms with Crippen molar-refractivity contribution in [3.8, 4) is 0 Å². The largest absolute Gasteiger partial charge is 0.481 e. The Kier molecular flexibility index (Phi) is 5.83. The molecule has 15 heavy (non-hydrogen) atoms. The van der Waals surface area contributed by atoms with Crippen LogP contribution in [0.2, 0.25) is 0 Å². The summed E-state index contributed by atoms with van der Waals surface area (Å²) in [4.78, 5) is 11.0. The van der Waals surface area contributed by atoms with Crippen molar-refractivity contribution in [3.05, 3.63) is 0 Å². The zero-order chi connectivity index (χ0) is 12.1. The molecule has 0 aliphatic heterocycles. The number of aliphatic hydroxyl groups excluding tert-OH is 1. The topological polar surface area (TPSA) is 66.8 Å². The van der Waals surface area contributed by atoms with E-state index in [1.165, 1.54) is 0 Å². The smallest absolute Gasteiger partial charge is 0.309 e. The van der Waals surface area contributed by atoms with Gasteiger partial charge in [0.1, 0.15) is 0 Å². The predicted molar refractivity (Wildman–Crippen MR) is 57.7 cm³/mol. The monoisotopic (exact) mass is 218 g/mol. The Labute approximate surface area is 91.3 Å². The zero-order valence-electron chi connectivity index (χ0n) is 9.99. The second kappa shape index (κ2) is 6.08. The van der Waals surface area contributed by atoms with Gasteiger partial charge in [-0.3, -0.25) is 4.79 Å². The lowest BCUT2D eigenvalue weighted by Gasteiger charge is -2.26. The lowest BCUT2D eigenvalue weighted by atomic mass is 9.82. The van der Waals surface area contributed by atoms with Crippen molar-refractivity contribution in [2.75, 3.05) is 6.61 Å². The van der Waals surface area contributed by atoms with Crippen LogP contribution in [0.25, 0.3) is 0 Å². The number of hydrogen-bond donors (Lipinski definition) is 2. The highest BCUT2D eigenvalue weighted by Gasteiger charge is 2.33. The Morgan fingerprint density at radius 3 is 2.33 bits per heavy atom. The molecule has 0 aromatic heterocycles. The molecule has 0 aliphatic rings. The maximum Gasteiger partial charge on any atom is 0.309 e. The number of carboxylic acid groups (broad SMARTS) is 1. The highest BCUT2D eigenvalue weighted by molar-refractivity contribution is 5.74. The van der Waals surface area contributed by atoms with E-state index in [1.807, 2.05) is 20.8 Å².